The number of hydrogen-bond donors (Lipinski definition) is 0. The molecular formula is C16H27NO3. The Labute approximate surface area is 121 Å². The van der Waals surface area contributed by atoms with Crippen LogP contribution in [0.2, 0.25) is 0 Å². The van der Waals surface area contributed by atoms with Crippen LogP contribution in [0, 0.1) is 11.3 Å². The molecule has 0 aromatic heterocycles. The highest BCUT2D eigenvalue weighted by Crippen LogP contribution is 2.38. The number of carbonyl (C=O) groups is 3. The number of Topliss-reactive ketones (excluding diaryl/α,β-unsaturated/α-hetero) is 1. The lowest BCUT2D eigenvalue weighted by atomic mass is 9.76. The first-order valence-electron chi connectivity index (χ1n) is 7.63. The van der Waals surface area contributed by atoms with Gasteiger partial charge in [0.15, 0.2) is 0 Å². The first kappa shape index (κ1) is 16.9. The van der Waals surface area contributed by atoms with Crippen molar-refractivity contribution in [2.45, 2.75) is 66.2 Å². The summed E-state index contributed by atoms with van der Waals surface area (Å²) in [7, 11) is 0. The number of amides is 2. The van der Waals surface area contributed by atoms with Crippen molar-refractivity contribution in [3.8, 4) is 0 Å². The SMILES string of the molecule is CCC(C)(C)C1CC(=O)N(CCCCCC(C)=O)C1=O. The van der Waals surface area contributed by atoms with E-state index in [0.29, 0.717) is 19.4 Å². The number of likely N-dealkylation sites (tertiary alicyclic amines) is 1. The second-order valence-corrected chi connectivity index (χ2v) is 6.50. The number of imide groups is 1. The van der Waals surface area contributed by atoms with Crippen molar-refractivity contribution in [3.05, 3.63) is 0 Å². The Morgan fingerprint density at radius 1 is 1.25 bits per heavy atom. The van der Waals surface area contributed by atoms with Gasteiger partial charge in [0, 0.05) is 19.4 Å². The van der Waals surface area contributed by atoms with Crippen molar-refractivity contribution in [2.24, 2.45) is 11.3 Å². The summed E-state index contributed by atoms with van der Waals surface area (Å²) in [5.74, 6) is -0.0122. The van der Waals surface area contributed by atoms with Crippen molar-refractivity contribution in [1.82, 2.24) is 4.90 Å². The van der Waals surface area contributed by atoms with Crippen molar-refractivity contribution in [2.75, 3.05) is 6.54 Å². The lowest BCUT2D eigenvalue weighted by molar-refractivity contribution is -0.140. The molecule has 0 aromatic rings. The molecule has 1 heterocycles. The predicted molar refractivity (Wildman–Crippen MR) is 78.0 cm³/mol. The zero-order chi connectivity index (χ0) is 15.3. The van der Waals surface area contributed by atoms with Gasteiger partial charge in [0.25, 0.3) is 0 Å². The van der Waals surface area contributed by atoms with Crippen LogP contribution in [0.15, 0.2) is 0 Å². The molecule has 0 aliphatic carbocycles. The van der Waals surface area contributed by atoms with Gasteiger partial charge in [-0.15, -0.1) is 0 Å². The zero-order valence-corrected chi connectivity index (χ0v) is 13.2. The van der Waals surface area contributed by atoms with Crippen LogP contribution in [0.5, 0.6) is 0 Å². The van der Waals surface area contributed by atoms with Gasteiger partial charge in [0.2, 0.25) is 11.8 Å². The van der Waals surface area contributed by atoms with Crippen LogP contribution in [0.25, 0.3) is 0 Å². The van der Waals surface area contributed by atoms with Crippen molar-refractivity contribution in [1.29, 1.82) is 0 Å². The molecule has 0 spiro atoms. The maximum Gasteiger partial charge on any atom is 0.233 e. The number of carbonyl (C=O) groups excluding carboxylic acids is 3. The van der Waals surface area contributed by atoms with E-state index in [0.717, 1.165) is 25.7 Å². The molecule has 0 saturated carbocycles. The molecule has 0 N–H and O–H groups in total. The molecule has 20 heavy (non-hydrogen) atoms. The van der Waals surface area contributed by atoms with Crippen LogP contribution < -0.4 is 0 Å². The van der Waals surface area contributed by atoms with Gasteiger partial charge in [-0.05, 0) is 25.2 Å². The molecule has 0 radical (unpaired) electrons. The minimum atomic E-state index is -0.169. The number of ketones is 1. The summed E-state index contributed by atoms with van der Waals surface area (Å²) in [6.45, 7) is 8.26. The molecule has 1 aliphatic heterocycles. The highest BCUT2D eigenvalue weighted by Gasteiger charge is 2.45. The van der Waals surface area contributed by atoms with Gasteiger partial charge < -0.3 is 4.79 Å². The average molecular weight is 281 g/mol. The quantitative estimate of drug-likeness (QED) is 0.508. The monoisotopic (exact) mass is 281 g/mol. The zero-order valence-electron chi connectivity index (χ0n) is 13.2. The number of unbranched alkanes of at least 4 members (excludes halogenated alkanes) is 2. The van der Waals surface area contributed by atoms with Gasteiger partial charge in [0.05, 0.1) is 5.92 Å². The fourth-order valence-corrected chi connectivity index (χ4v) is 2.60. The van der Waals surface area contributed by atoms with Crippen LogP contribution in [-0.2, 0) is 14.4 Å². The summed E-state index contributed by atoms with van der Waals surface area (Å²) in [4.78, 5) is 36.6. The minimum absolute atomic E-state index is 0.00609. The van der Waals surface area contributed by atoms with E-state index in [4.69, 9.17) is 0 Å². The summed E-state index contributed by atoms with van der Waals surface area (Å²) in [6.07, 6.45) is 4.36. The third-order valence-corrected chi connectivity index (χ3v) is 4.51. The average Bonchev–Trinajstić information content (AvgIpc) is 2.66. The summed E-state index contributed by atoms with van der Waals surface area (Å²) in [5, 5.41) is 0. The van der Waals surface area contributed by atoms with E-state index in [9.17, 15) is 14.4 Å². The van der Waals surface area contributed by atoms with Gasteiger partial charge in [0.1, 0.15) is 5.78 Å². The Kier molecular flexibility index (Phi) is 5.90. The third-order valence-electron chi connectivity index (χ3n) is 4.51. The first-order chi connectivity index (χ1) is 9.29. The molecule has 0 aromatic carbocycles. The number of hydrogen-bond acceptors (Lipinski definition) is 3. The lowest BCUT2D eigenvalue weighted by Crippen LogP contribution is -2.35. The molecule has 1 rings (SSSR count). The van der Waals surface area contributed by atoms with E-state index in [-0.39, 0.29) is 28.9 Å². The molecule has 4 heteroatoms. The Morgan fingerprint density at radius 2 is 1.90 bits per heavy atom. The summed E-state index contributed by atoms with van der Waals surface area (Å²) >= 11 is 0. The summed E-state index contributed by atoms with van der Waals surface area (Å²) < 4.78 is 0. The highest BCUT2D eigenvalue weighted by molar-refractivity contribution is 6.03. The predicted octanol–water partition coefficient (Wildman–Crippen LogP) is 2.95. The maximum absolute atomic E-state index is 12.3. The van der Waals surface area contributed by atoms with Gasteiger partial charge in [-0.1, -0.05) is 33.6 Å². The second-order valence-electron chi connectivity index (χ2n) is 6.50. The topological polar surface area (TPSA) is 54.5 Å². The molecule has 114 valence electrons. The standard InChI is InChI=1S/C16H27NO3/c1-5-16(3,4)13-11-14(19)17(15(13)20)10-8-6-7-9-12(2)18/h13H,5-11H2,1-4H3. The molecular weight excluding hydrogens is 254 g/mol. The first-order valence-corrected chi connectivity index (χ1v) is 7.63. The molecule has 0 bridgehead atoms. The molecule has 2 amide bonds. The second kappa shape index (κ2) is 7.00. The van der Waals surface area contributed by atoms with Crippen molar-refractivity contribution in [3.63, 3.8) is 0 Å². The number of rotatable bonds is 8. The fourth-order valence-electron chi connectivity index (χ4n) is 2.60. The normalized spacial score (nSPS) is 19.8. The maximum atomic E-state index is 12.3. The van der Waals surface area contributed by atoms with E-state index in [1.807, 2.05) is 0 Å². The number of nitrogens with zero attached hydrogens (tertiary/aromatic N) is 1. The van der Waals surface area contributed by atoms with Gasteiger partial charge >= 0.3 is 0 Å². The lowest BCUT2D eigenvalue weighted by Gasteiger charge is -2.28. The van der Waals surface area contributed by atoms with Gasteiger partial charge in [-0.2, -0.15) is 0 Å². The Hall–Kier alpha value is -1.19. The van der Waals surface area contributed by atoms with E-state index >= 15 is 0 Å². The third kappa shape index (κ3) is 4.15. The van der Waals surface area contributed by atoms with Gasteiger partial charge in [-0.3, -0.25) is 14.5 Å². The summed E-state index contributed by atoms with van der Waals surface area (Å²) in [6, 6.07) is 0. The Balaban J connectivity index is 2.45. The Bertz CT molecular complexity index is 387. The smallest absolute Gasteiger partial charge is 0.233 e. The molecule has 1 aliphatic rings. The van der Waals surface area contributed by atoms with Crippen molar-refractivity contribution < 1.29 is 14.4 Å². The fraction of sp³-hybridized carbons (Fsp3) is 0.812. The van der Waals surface area contributed by atoms with E-state index in [1.165, 1.54) is 4.90 Å². The largest absolute Gasteiger partial charge is 0.300 e. The van der Waals surface area contributed by atoms with E-state index in [2.05, 4.69) is 20.8 Å². The Morgan fingerprint density at radius 3 is 2.45 bits per heavy atom. The van der Waals surface area contributed by atoms with E-state index in [1.54, 1.807) is 6.92 Å². The van der Waals surface area contributed by atoms with Crippen LogP contribution >= 0.6 is 0 Å². The molecule has 1 unspecified atom stereocenters. The molecule has 4 nitrogen and oxygen atoms in total. The van der Waals surface area contributed by atoms with Crippen LogP contribution in [0.4, 0.5) is 0 Å². The van der Waals surface area contributed by atoms with Crippen LogP contribution in [-0.4, -0.2) is 29.0 Å². The molecule has 1 saturated heterocycles. The van der Waals surface area contributed by atoms with Crippen molar-refractivity contribution >= 4 is 17.6 Å². The van der Waals surface area contributed by atoms with Gasteiger partial charge in [-0.25, -0.2) is 0 Å². The minimum Gasteiger partial charge on any atom is -0.300 e. The van der Waals surface area contributed by atoms with Crippen LogP contribution in [0.1, 0.15) is 66.2 Å². The molecule has 1 atom stereocenters. The van der Waals surface area contributed by atoms with E-state index < -0.39 is 0 Å². The van der Waals surface area contributed by atoms with Crippen LogP contribution in [0.3, 0.4) is 0 Å². The highest BCUT2D eigenvalue weighted by atomic mass is 16.2. The molecule has 1 fully saturated rings. The summed E-state index contributed by atoms with van der Waals surface area (Å²) in [5.41, 5.74) is -0.115.